The number of rotatable bonds is 8. The van der Waals surface area contributed by atoms with Crippen molar-refractivity contribution in [2.45, 2.75) is 39.4 Å². The molecule has 1 heterocycles. The molecule has 8 heteroatoms. The molecule has 26 heavy (non-hydrogen) atoms. The van der Waals surface area contributed by atoms with Crippen molar-refractivity contribution < 1.29 is 4.79 Å². The molecule has 0 radical (unpaired) electrons. The van der Waals surface area contributed by atoms with Gasteiger partial charge in [-0.25, -0.2) is 4.98 Å². The Bertz CT molecular complexity index is 679. The summed E-state index contributed by atoms with van der Waals surface area (Å²) < 4.78 is 0. The Balaban J connectivity index is 0.00000312. The average molecular weight is 419 g/mol. The van der Waals surface area contributed by atoms with Crippen LogP contribution in [0.2, 0.25) is 0 Å². The molecule has 3 N–H and O–H groups in total. The summed E-state index contributed by atoms with van der Waals surface area (Å²) in [6.07, 6.45) is 0.712. The molecule has 0 saturated carbocycles. The van der Waals surface area contributed by atoms with Crippen molar-refractivity contribution in [3.63, 3.8) is 0 Å². The highest BCUT2D eigenvalue weighted by Crippen LogP contribution is 2.12. The number of nitrogens with zero attached hydrogens (tertiary/aromatic N) is 2. The van der Waals surface area contributed by atoms with E-state index in [-0.39, 0.29) is 30.7 Å². The van der Waals surface area contributed by atoms with Gasteiger partial charge in [-0.1, -0.05) is 24.3 Å². The molecule has 0 unspecified atom stereocenters. The minimum absolute atomic E-state index is 0. The first-order chi connectivity index (χ1) is 11.5. The zero-order chi connectivity index (χ0) is 17.5. The minimum atomic E-state index is -0.140. The fourth-order valence-electron chi connectivity index (χ4n) is 2.23. The van der Waals surface area contributed by atoms with Crippen LogP contribution in [-0.2, 0) is 19.5 Å². The second-order valence-electron chi connectivity index (χ2n) is 6.18. The molecule has 146 valence electrons. The first kappa shape index (κ1) is 24.8. The van der Waals surface area contributed by atoms with Gasteiger partial charge in [-0.05, 0) is 38.6 Å². The smallest absolute Gasteiger partial charge is 0.271 e. The summed E-state index contributed by atoms with van der Waals surface area (Å²) in [4.78, 5) is 18.8. The molecular weight excluding hydrogens is 391 g/mol. The van der Waals surface area contributed by atoms with Crippen LogP contribution >= 0.6 is 36.2 Å². The van der Waals surface area contributed by atoms with Gasteiger partial charge in [0, 0.05) is 30.9 Å². The number of thiazole rings is 1. The number of nitrogens with two attached hydrogens (primary N) is 1. The van der Waals surface area contributed by atoms with Crippen molar-refractivity contribution in [2.24, 2.45) is 5.73 Å². The molecule has 1 amide bonds. The number of carbonyl (C=O) groups excluding carboxylic acids is 1. The quantitative estimate of drug-likeness (QED) is 0.689. The van der Waals surface area contributed by atoms with Crippen molar-refractivity contribution >= 4 is 42.1 Å². The summed E-state index contributed by atoms with van der Waals surface area (Å²) in [6, 6.07) is 8.82. The van der Waals surface area contributed by atoms with Gasteiger partial charge in [-0.15, -0.1) is 36.2 Å². The number of amides is 1. The predicted octanol–water partition coefficient (Wildman–Crippen LogP) is 3.26. The van der Waals surface area contributed by atoms with Crippen LogP contribution in [0.4, 0.5) is 0 Å². The number of hydrogen-bond donors (Lipinski definition) is 2. The minimum Gasteiger partial charge on any atom is -0.347 e. The number of carbonyl (C=O) groups is 1. The van der Waals surface area contributed by atoms with E-state index in [1.165, 1.54) is 16.9 Å². The molecule has 0 fully saturated rings. The van der Waals surface area contributed by atoms with Gasteiger partial charge in [0.25, 0.3) is 5.91 Å². The summed E-state index contributed by atoms with van der Waals surface area (Å²) in [5.74, 6) is -0.140. The Morgan fingerprint density at radius 2 is 2.00 bits per heavy atom. The number of halogens is 2. The van der Waals surface area contributed by atoms with E-state index in [1.807, 2.05) is 12.1 Å². The summed E-state index contributed by atoms with van der Waals surface area (Å²) in [5.41, 5.74) is 8.32. The highest BCUT2D eigenvalue weighted by Gasteiger charge is 2.10. The topological polar surface area (TPSA) is 71.2 Å². The third kappa shape index (κ3) is 7.60. The van der Waals surface area contributed by atoms with Crippen LogP contribution in [-0.4, -0.2) is 35.4 Å². The van der Waals surface area contributed by atoms with Gasteiger partial charge >= 0.3 is 0 Å². The van der Waals surface area contributed by atoms with E-state index in [0.29, 0.717) is 31.2 Å². The van der Waals surface area contributed by atoms with Gasteiger partial charge in [0.1, 0.15) is 5.69 Å². The van der Waals surface area contributed by atoms with Gasteiger partial charge in [0.05, 0.1) is 5.01 Å². The summed E-state index contributed by atoms with van der Waals surface area (Å²) in [7, 11) is 2.11. The van der Waals surface area contributed by atoms with Crippen LogP contribution in [0.3, 0.4) is 0 Å². The van der Waals surface area contributed by atoms with Gasteiger partial charge in [0.2, 0.25) is 0 Å². The standard InChI is InChI=1S/C18H26N4OS.2ClH/c1-13(2)22(3)11-15-6-4-5-14(9-15)10-20-18(23)16-12-24-17(21-16)7-8-19;;/h4-6,9,12-13H,7-8,10-11,19H2,1-3H3,(H,20,23);2*1H. The first-order valence-corrected chi connectivity index (χ1v) is 9.08. The fraction of sp³-hybridized carbons (Fsp3) is 0.444. The van der Waals surface area contributed by atoms with E-state index in [4.69, 9.17) is 5.73 Å². The summed E-state index contributed by atoms with van der Waals surface area (Å²) >= 11 is 1.48. The van der Waals surface area contributed by atoms with Crippen molar-refractivity contribution in [3.8, 4) is 0 Å². The molecule has 0 bridgehead atoms. The molecule has 5 nitrogen and oxygen atoms in total. The van der Waals surface area contributed by atoms with Gasteiger partial charge in [0.15, 0.2) is 0 Å². The van der Waals surface area contributed by atoms with E-state index in [9.17, 15) is 4.79 Å². The summed E-state index contributed by atoms with van der Waals surface area (Å²) in [5, 5.41) is 5.62. The SMILES string of the molecule is CC(C)N(C)Cc1cccc(CNC(=O)c2csc(CCN)n2)c1.Cl.Cl. The largest absolute Gasteiger partial charge is 0.347 e. The molecule has 1 aromatic carbocycles. The molecule has 0 aliphatic rings. The van der Waals surface area contributed by atoms with Gasteiger partial charge < -0.3 is 11.1 Å². The summed E-state index contributed by atoms with van der Waals surface area (Å²) in [6.45, 7) is 6.30. The van der Waals surface area contributed by atoms with Crippen LogP contribution in [0.25, 0.3) is 0 Å². The van der Waals surface area contributed by atoms with E-state index in [0.717, 1.165) is 17.1 Å². The van der Waals surface area contributed by atoms with Crippen LogP contribution in [0.1, 0.15) is 40.5 Å². The molecule has 0 atom stereocenters. The van der Waals surface area contributed by atoms with Crippen molar-refractivity contribution in [3.05, 3.63) is 51.5 Å². The Kier molecular flexibility index (Phi) is 11.7. The maximum absolute atomic E-state index is 12.2. The van der Waals surface area contributed by atoms with Crippen LogP contribution in [0, 0.1) is 0 Å². The molecule has 0 aliphatic carbocycles. The molecule has 2 rings (SSSR count). The lowest BCUT2D eigenvalue weighted by molar-refractivity contribution is 0.0946. The second kappa shape index (κ2) is 12.3. The lowest BCUT2D eigenvalue weighted by Crippen LogP contribution is -2.26. The molecule has 1 aromatic heterocycles. The predicted molar refractivity (Wildman–Crippen MR) is 114 cm³/mol. The molecule has 0 aliphatic heterocycles. The Labute approximate surface area is 172 Å². The van der Waals surface area contributed by atoms with Crippen LogP contribution in [0.15, 0.2) is 29.6 Å². The van der Waals surface area contributed by atoms with E-state index >= 15 is 0 Å². The van der Waals surface area contributed by atoms with Gasteiger partial charge in [-0.2, -0.15) is 0 Å². The average Bonchev–Trinajstić information content (AvgIpc) is 3.02. The molecule has 0 spiro atoms. The number of benzene rings is 1. The second-order valence-corrected chi connectivity index (χ2v) is 7.12. The highest BCUT2D eigenvalue weighted by atomic mass is 35.5. The Morgan fingerprint density at radius 3 is 2.65 bits per heavy atom. The molecular formula is C18H28Cl2N4OS. The molecule has 2 aromatic rings. The number of aromatic nitrogens is 1. The maximum atomic E-state index is 12.2. The van der Waals surface area contributed by atoms with Crippen molar-refractivity contribution in [2.75, 3.05) is 13.6 Å². The zero-order valence-corrected chi connectivity index (χ0v) is 17.8. The number of hydrogen-bond acceptors (Lipinski definition) is 5. The molecule has 0 saturated heterocycles. The normalized spacial score (nSPS) is 10.4. The zero-order valence-electron chi connectivity index (χ0n) is 15.4. The third-order valence-electron chi connectivity index (χ3n) is 3.90. The van der Waals surface area contributed by atoms with Gasteiger partial charge in [-0.3, -0.25) is 9.69 Å². The van der Waals surface area contributed by atoms with E-state index in [2.05, 4.69) is 48.2 Å². The van der Waals surface area contributed by atoms with Crippen molar-refractivity contribution in [1.29, 1.82) is 0 Å². The third-order valence-corrected chi connectivity index (χ3v) is 4.81. The Hall–Kier alpha value is -1.18. The maximum Gasteiger partial charge on any atom is 0.271 e. The highest BCUT2D eigenvalue weighted by molar-refractivity contribution is 7.09. The van der Waals surface area contributed by atoms with Crippen LogP contribution in [0.5, 0.6) is 0 Å². The lowest BCUT2D eigenvalue weighted by Gasteiger charge is -2.21. The lowest BCUT2D eigenvalue weighted by atomic mass is 10.1. The van der Waals surface area contributed by atoms with E-state index in [1.54, 1.807) is 5.38 Å². The van der Waals surface area contributed by atoms with Crippen LogP contribution < -0.4 is 11.1 Å². The monoisotopic (exact) mass is 418 g/mol. The fourth-order valence-corrected chi connectivity index (χ4v) is 3.03. The van der Waals surface area contributed by atoms with E-state index < -0.39 is 0 Å². The Morgan fingerprint density at radius 1 is 1.31 bits per heavy atom. The first-order valence-electron chi connectivity index (χ1n) is 8.20. The number of nitrogens with one attached hydrogen (secondary N) is 1. The van der Waals surface area contributed by atoms with Crippen molar-refractivity contribution in [1.82, 2.24) is 15.2 Å².